The first-order chi connectivity index (χ1) is 12.8. The van der Waals surface area contributed by atoms with Crippen LogP contribution in [0.5, 0.6) is 0 Å². The molecular formula is C18H19ClN2O5S. The summed E-state index contributed by atoms with van der Waals surface area (Å²) >= 11 is 6.06. The van der Waals surface area contributed by atoms with Gasteiger partial charge in [-0.15, -0.1) is 0 Å². The molecule has 1 aliphatic carbocycles. The number of anilines is 1. The molecule has 0 spiro atoms. The number of rotatable bonds is 9. The lowest BCUT2D eigenvalue weighted by Crippen LogP contribution is -2.23. The summed E-state index contributed by atoms with van der Waals surface area (Å²) in [6.45, 7) is 1.78. The fourth-order valence-corrected chi connectivity index (χ4v) is 4.48. The predicted molar refractivity (Wildman–Crippen MR) is 101 cm³/mol. The van der Waals surface area contributed by atoms with Gasteiger partial charge in [-0.3, -0.25) is 14.0 Å². The van der Waals surface area contributed by atoms with Crippen molar-refractivity contribution in [1.29, 1.82) is 0 Å². The Morgan fingerprint density at radius 1 is 1.26 bits per heavy atom. The Morgan fingerprint density at radius 3 is 2.52 bits per heavy atom. The molecule has 27 heavy (non-hydrogen) atoms. The minimum Gasteiger partial charge on any atom is -0.352 e. The number of benzene rings is 1. The first-order valence-corrected chi connectivity index (χ1v) is 10.8. The predicted octanol–water partition coefficient (Wildman–Crippen LogP) is 3.24. The summed E-state index contributed by atoms with van der Waals surface area (Å²) in [6, 6.07) is 6.10. The monoisotopic (exact) mass is 410 g/mol. The van der Waals surface area contributed by atoms with Crippen molar-refractivity contribution in [3.05, 3.63) is 47.3 Å². The number of nitrogens with zero attached hydrogens (tertiary/aromatic N) is 2. The van der Waals surface area contributed by atoms with Crippen LogP contribution in [0.4, 0.5) is 5.69 Å². The van der Waals surface area contributed by atoms with Crippen molar-refractivity contribution in [3.8, 4) is 0 Å². The maximum Gasteiger partial charge on any atom is 0.231 e. The SMILES string of the molecule is CCCS(=O)(=O)CN(Cl)c1ccc(C(=O)c2oncc2C(=O)C2CC2)cc1. The van der Waals surface area contributed by atoms with E-state index in [0.29, 0.717) is 17.7 Å². The highest BCUT2D eigenvalue weighted by Gasteiger charge is 2.35. The number of ketones is 2. The van der Waals surface area contributed by atoms with Crippen LogP contribution < -0.4 is 4.42 Å². The number of halogens is 1. The summed E-state index contributed by atoms with van der Waals surface area (Å²) in [5, 5.41) is 3.59. The third-order valence-corrected chi connectivity index (χ3v) is 6.36. The van der Waals surface area contributed by atoms with Gasteiger partial charge in [0.15, 0.2) is 15.6 Å². The molecule has 0 atom stereocenters. The maximum absolute atomic E-state index is 12.6. The van der Waals surface area contributed by atoms with E-state index in [1.165, 1.54) is 18.3 Å². The zero-order valence-corrected chi connectivity index (χ0v) is 16.3. The van der Waals surface area contributed by atoms with Crippen molar-refractivity contribution in [1.82, 2.24) is 5.16 Å². The summed E-state index contributed by atoms with van der Waals surface area (Å²) in [5.41, 5.74) is 0.942. The molecule has 1 aliphatic rings. The van der Waals surface area contributed by atoms with E-state index in [0.717, 1.165) is 17.3 Å². The number of carbonyl (C=O) groups excluding carboxylic acids is 2. The molecular weight excluding hydrogens is 392 g/mol. The second-order valence-electron chi connectivity index (χ2n) is 6.52. The molecule has 0 aliphatic heterocycles. The first-order valence-electron chi connectivity index (χ1n) is 8.60. The number of hydrogen-bond donors (Lipinski definition) is 0. The van der Waals surface area contributed by atoms with E-state index < -0.39 is 15.6 Å². The zero-order chi connectivity index (χ0) is 19.6. The molecule has 0 amide bonds. The Morgan fingerprint density at radius 2 is 1.93 bits per heavy atom. The summed E-state index contributed by atoms with van der Waals surface area (Å²) in [7, 11) is -3.29. The van der Waals surface area contributed by atoms with E-state index in [-0.39, 0.29) is 34.7 Å². The van der Waals surface area contributed by atoms with Crippen LogP contribution in [0.15, 0.2) is 35.0 Å². The lowest BCUT2D eigenvalue weighted by atomic mass is 10.0. The molecule has 0 bridgehead atoms. The molecule has 1 fully saturated rings. The maximum atomic E-state index is 12.6. The first kappa shape index (κ1) is 19.6. The normalized spacial score (nSPS) is 14.1. The van der Waals surface area contributed by atoms with Crippen molar-refractivity contribution >= 4 is 38.9 Å². The molecule has 1 aromatic heterocycles. The second kappa shape index (κ2) is 7.82. The molecule has 0 N–H and O–H groups in total. The van der Waals surface area contributed by atoms with Gasteiger partial charge in [0.25, 0.3) is 0 Å². The fourth-order valence-electron chi connectivity index (χ4n) is 2.67. The third kappa shape index (κ3) is 4.56. The van der Waals surface area contributed by atoms with Crippen molar-refractivity contribution < 1.29 is 22.5 Å². The summed E-state index contributed by atoms with van der Waals surface area (Å²) in [4.78, 5) is 24.9. The second-order valence-corrected chi connectivity index (χ2v) is 9.08. The van der Waals surface area contributed by atoms with E-state index in [1.54, 1.807) is 19.1 Å². The Balaban J connectivity index is 1.75. The molecule has 0 saturated heterocycles. The average Bonchev–Trinajstić information content (AvgIpc) is 3.36. The Bertz CT molecular complexity index is 948. The van der Waals surface area contributed by atoms with Crippen LogP contribution in [0, 0.1) is 5.92 Å². The largest absolute Gasteiger partial charge is 0.352 e. The van der Waals surface area contributed by atoms with E-state index in [9.17, 15) is 18.0 Å². The Hall–Kier alpha value is -2.19. The van der Waals surface area contributed by atoms with Crippen molar-refractivity contribution in [2.45, 2.75) is 26.2 Å². The van der Waals surface area contributed by atoms with Crippen LogP contribution in [0.25, 0.3) is 0 Å². The minimum atomic E-state index is -3.29. The van der Waals surface area contributed by atoms with Gasteiger partial charge >= 0.3 is 0 Å². The topological polar surface area (TPSA) is 97.6 Å². The van der Waals surface area contributed by atoms with Crippen molar-refractivity contribution in [3.63, 3.8) is 0 Å². The molecule has 144 valence electrons. The average molecular weight is 411 g/mol. The lowest BCUT2D eigenvalue weighted by Gasteiger charge is -2.16. The summed E-state index contributed by atoms with van der Waals surface area (Å²) in [5.74, 6) is -0.971. The van der Waals surface area contributed by atoms with Gasteiger partial charge in [-0.05, 0) is 43.5 Å². The molecule has 1 aromatic carbocycles. The highest BCUT2D eigenvalue weighted by Crippen LogP contribution is 2.34. The quantitative estimate of drug-likeness (QED) is 0.462. The van der Waals surface area contributed by atoms with Crippen molar-refractivity contribution in [2.75, 3.05) is 16.0 Å². The van der Waals surface area contributed by atoms with E-state index in [2.05, 4.69) is 5.16 Å². The molecule has 2 aromatic rings. The standard InChI is InChI=1S/C18H19ClN2O5S/c1-2-9-27(24,25)11-21(19)14-7-5-13(6-8-14)17(23)18-15(10-20-26-18)16(22)12-3-4-12/h5-8,10,12H,2-4,9,11H2,1H3. The minimum absolute atomic E-state index is 0.0480. The van der Waals surface area contributed by atoms with Gasteiger partial charge in [0.2, 0.25) is 11.5 Å². The molecule has 9 heteroatoms. The Labute approximate surface area is 162 Å². The van der Waals surface area contributed by atoms with Crippen molar-refractivity contribution in [2.24, 2.45) is 5.92 Å². The summed E-state index contributed by atoms with van der Waals surface area (Å²) in [6.07, 6.45) is 3.43. The van der Waals surface area contributed by atoms with Gasteiger partial charge in [0, 0.05) is 23.3 Å². The number of sulfone groups is 1. The highest BCUT2D eigenvalue weighted by atomic mass is 35.5. The smallest absolute Gasteiger partial charge is 0.231 e. The van der Waals surface area contributed by atoms with Gasteiger partial charge in [-0.1, -0.05) is 12.1 Å². The number of hydrogen-bond acceptors (Lipinski definition) is 7. The number of aromatic nitrogens is 1. The molecule has 3 rings (SSSR count). The van der Waals surface area contributed by atoms with Gasteiger partial charge < -0.3 is 4.52 Å². The van der Waals surface area contributed by atoms with Crippen LogP contribution >= 0.6 is 11.8 Å². The van der Waals surface area contributed by atoms with Crippen LogP contribution in [0.3, 0.4) is 0 Å². The van der Waals surface area contributed by atoms with Crippen LogP contribution in [-0.4, -0.2) is 36.8 Å². The van der Waals surface area contributed by atoms with E-state index >= 15 is 0 Å². The van der Waals surface area contributed by atoms with Gasteiger partial charge in [-0.25, -0.2) is 8.42 Å². The Kier molecular flexibility index (Phi) is 5.67. The zero-order valence-electron chi connectivity index (χ0n) is 14.7. The van der Waals surface area contributed by atoms with Gasteiger partial charge in [0.05, 0.1) is 23.2 Å². The van der Waals surface area contributed by atoms with Crippen LogP contribution in [-0.2, 0) is 9.84 Å². The lowest BCUT2D eigenvalue weighted by molar-refractivity contribution is 0.0943. The molecule has 0 unspecified atom stereocenters. The molecule has 1 heterocycles. The highest BCUT2D eigenvalue weighted by molar-refractivity contribution is 7.91. The van der Waals surface area contributed by atoms with Gasteiger partial charge in [0.1, 0.15) is 5.88 Å². The van der Waals surface area contributed by atoms with Gasteiger partial charge in [-0.2, -0.15) is 0 Å². The molecule has 7 nitrogen and oxygen atoms in total. The summed E-state index contributed by atoms with van der Waals surface area (Å²) < 4.78 is 29.9. The molecule has 0 radical (unpaired) electrons. The fraction of sp³-hybridized carbons (Fsp3) is 0.389. The molecule has 1 saturated carbocycles. The van der Waals surface area contributed by atoms with Crippen LogP contribution in [0.2, 0.25) is 0 Å². The number of Topliss-reactive ketones (excluding diaryl/α,β-unsaturated/α-hetero) is 1. The third-order valence-electron chi connectivity index (χ3n) is 4.23. The van der Waals surface area contributed by atoms with E-state index in [4.69, 9.17) is 16.3 Å². The van der Waals surface area contributed by atoms with E-state index in [1.807, 2.05) is 0 Å². The number of carbonyl (C=O) groups is 2. The van der Waals surface area contributed by atoms with Crippen LogP contribution in [0.1, 0.15) is 52.7 Å².